The number of hydrogen-bond acceptors (Lipinski definition) is 4. The molecule has 0 amide bonds. The van der Waals surface area contributed by atoms with Gasteiger partial charge in [0.25, 0.3) is 0 Å². The van der Waals surface area contributed by atoms with Gasteiger partial charge in [-0.05, 0) is 61.0 Å². The Morgan fingerprint density at radius 2 is 1.72 bits per heavy atom. The van der Waals surface area contributed by atoms with Gasteiger partial charge in [-0.3, -0.25) is 4.79 Å². The quantitative estimate of drug-likeness (QED) is 0.551. The molecular formula is C25H24F2N2O3. The zero-order valence-corrected chi connectivity index (χ0v) is 17.7. The molecule has 0 radical (unpaired) electrons. The van der Waals surface area contributed by atoms with Gasteiger partial charge in [-0.15, -0.1) is 0 Å². The van der Waals surface area contributed by atoms with E-state index in [1.54, 1.807) is 24.3 Å². The predicted octanol–water partition coefficient (Wildman–Crippen LogP) is 4.99. The van der Waals surface area contributed by atoms with Gasteiger partial charge >= 0.3 is 5.97 Å². The molecule has 1 N–H and O–H groups in total. The number of halogens is 2. The maximum Gasteiger partial charge on any atom is 0.308 e. The van der Waals surface area contributed by atoms with Crippen molar-refractivity contribution >= 4 is 11.5 Å². The zero-order chi connectivity index (χ0) is 22.8. The molecule has 1 aliphatic heterocycles. The van der Waals surface area contributed by atoms with Gasteiger partial charge in [-0.2, -0.15) is 0 Å². The summed E-state index contributed by atoms with van der Waals surface area (Å²) in [6.45, 7) is 6.32. The van der Waals surface area contributed by atoms with Crippen LogP contribution in [-0.4, -0.2) is 32.8 Å². The van der Waals surface area contributed by atoms with Crippen LogP contribution < -0.4 is 0 Å². The van der Waals surface area contributed by atoms with Crippen molar-refractivity contribution in [2.45, 2.75) is 44.9 Å². The molecule has 2 aromatic carbocycles. The van der Waals surface area contributed by atoms with E-state index in [4.69, 9.17) is 9.72 Å². The second-order valence-electron chi connectivity index (χ2n) is 8.07. The van der Waals surface area contributed by atoms with E-state index in [0.29, 0.717) is 36.5 Å². The van der Waals surface area contributed by atoms with Gasteiger partial charge in [0, 0.05) is 30.5 Å². The van der Waals surface area contributed by atoms with E-state index in [9.17, 15) is 18.7 Å². The lowest BCUT2D eigenvalue weighted by molar-refractivity contribution is -0.160. The Balaban J connectivity index is 1.79. The van der Waals surface area contributed by atoms with Crippen LogP contribution in [0.15, 0.2) is 55.1 Å². The van der Waals surface area contributed by atoms with Crippen LogP contribution in [0, 0.1) is 11.6 Å². The highest BCUT2D eigenvalue weighted by atomic mass is 19.1. The number of allylic oxidation sites excluding steroid dienone is 1. The number of aliphatic hydroxyl groups excluding tert-OH is 1. The third kappa shape index (κ3) is 4.62. The van der Waals surface area contributed by atoms with E-state index in [-0.39, 0.29) is 18.1 Å². The predicted molar refractivity (Wildman–Crippen MR) is 117 cm³/mol. The molecule has 0 saturated carbocycles. The third-order valence-corrected chi connectivity index (χ3v) is 5.49. The number of carbonyl (C=O) groups excluding carboxylic acids is 1. The fraction of sp³-hybridized carbons (Fsp3) is 0.280. The number of rotatable bonds is 6. The highest BCUT2D eigenvalue weighted by molar-refractivity contribution is 5.81. The molecule has 2 unspecified atom stereocenters. The summed E-state index contributed by atoms with van der Waals surface area (Å²) in [5, 5.41) is 9.92. The second-order valence-corrected chi connectivity index (χ2v) is 8.07. The summed E-state index contributed by atoms with van der Waals surface area (Å²) in [5.41, 5.74) is 3.54. The second kappa shape index (κ2) is 9.04. The molecule has 2 atom stereocenters. The van der Waals surface area contributed by atoms with Gasteiger partial charge in [0.1, 0.15) is 23.6 Å². The van der Waals surface area contributed by atoms with Crippen LogP contribution in [0.1, 0.15) is 32.0 Å². The minimum Gasteiger partial charge on any atom is -0.462 e. The Kier molecular flexibility index (Phi) is 6.19. The average Bonchev–Trinajstić information content (AvgIpc) is 3.12. The first kappa shape index (κ1) is 21.9. The monoisotopic (exact) mass is 438 g/mol. The SMILES string of the molecule is C=C(C)c1nc(-c2ccc(F)cc2)c(-c2ccc(F)cc2)n1CCC1CC(O)CC(=O)O1. The standard InChI is InChI=1S/C25H24F2N2O3/c1-15(2)25-28-23(16-3-7-18(26)8-4-16)24(17-5-9-19(27)10-6-17)29(25)12-11-21-13-20(30)14-22(31)32-21/h3-10,20-21,30H,1,11-14H2,2H3. The molecule has 0 bridgehead atoms. The number of benzene rings is 2. The lowest BCUT2D eigenvalue weighted by Crippen LogP contribution is -2.33. The first-order valence-corrected chi connectivity index (χ1v) is 10.5. The molecule has 3 aromatic rings. The molecule has 166 valence electrons. The molecule has 1 aromatic heterocycles. The summed E-state index contributed by atoms with van der Waals surface area (Å²) in [4.78, 5) is 16.5. The van der Waals surface area contributed by atoms with Crippen LogP contribution in [0.5, 0.6) is 0 Å². The first-order valence-electron chi connectivity index (χ1n) is 10.5. The molecule has 1 aliphatic rings. The normalized spacial score (nSPS) is 18.4. The molecular weight excluding hydrogens is 414 g/mol. The van der Waals surface area contributed by atoms with E-state index < -0.39 is 18.2 Å². The van der Waals surface area contributed by atoms with Gasteiger partial charge in [-0.25, -0.2) is 13.8 Å². The molecule has 1 saturated heterocycles. The molecule has 0 aliphatic carbocycles. The third-order valence-electron chi connectivity index (χ3n) is 5.49. The van der Waals surface area contributed by atoms with Crippen molar-refractivity contribution in [3.8, 4) is 22.5 Å². The van der Waals surface area contributed by atoms with Crippen LogP contribution in [0.25, 0.3) is 28.1 Å². The van der Waals surface area contributed by atoms with Crippen molar-refractivity contribution in [3.05, 3.63) is 72.6 Å². The zero-order valence-electron chi connectivity index (χ0n) is 17.7. The summed E-state index contributed by atoms with van der Waals surface area (Å²) in [6, 6.07) is 12.1. The number of imidazole rings is 1. The molecule has 7 heteroatoms. The highest BCUT2D eigenvalue weighted by Crippen LogP contribution is 2.35. The number of ether oxygens (including phenoxy) is 1. The summed E-state index contributed by atoms with van der Waals surface area (Å²) < 4.78 is 34.5. The largest absolute Gasteiger partial charge is 0.462 e. The Morgan fingerprint density at radius 1 is 1.12 bits per heavy atom. The molecule has 4 rings (SSSR count). The van der Waals surface area contributed by atoms with Crippen LogP contribution in [0.4, 0.5) is 8.78 Å². The van der Waals surface area contributed by atoms with Crippen LogP contribution in [0.2, 0.25) is 0 Å². The first-order chi connectivity index (χ1) is 15.3. The maximum absolute atomic E-state index is 13.6. The van der Waals surface area contributed by atoms with Crippen molar-refractivity contribution in [1.82, 2.24) is 9.55 Å². The Hall–Kier alpha value is -3.32. The number of aliphatic hydroxyl groups is 1. The van der Waals surface area contributed by atoms with Gasteiger partial charge in [-0.1, -0.05) is 6.58 Å². The number of esters is 1. The van der Waals surface area contributed by atoms with Crippen molar-refractivity contribution < 1.29 is 23.4 Å². The van der Waals surface area contributed by atoms with E-state index in [2.05, 4.69) is 6.58 Å². The Labute approximate surface area is 185 Å². The number of nitrogens with zero attached hydrogens (tertiary/aromatic N) is 2. The fourth-order valence-corrected chi connectivity index (χ4v) is 4.02. The van der Waals surface area contributed by atoms with Crippen molar-refractivity contribution in [2.75, 3.05) is 0 Å². The van der Waals surface area contributed by atoms with Gasteiger partial charge in [0.2, 0.25) is 0 Å². The molecule has 5 nitrogen and oxygen atoms in total. The lowest BCUT2D eigenvalue weighted by Gasteiger charge is -2.26. The van der Waals surface area contributed by atoms with Gasteiger partial charge < -0.3 is 14.4 Å². The Bertz CT molecular complexity index is 1140. The van der Waals surface area contributed by atoms with Crippen LogP contribution >= 0.6 is 0 Å². The van der Waals surface area contributed by atoms with E-state index >= 15 is 0 Å². The summed E-state index contributed by atoms with van der Waals surface area (Å²) >= 11 is 0. The van der Waals surface area contributed by atoms with Crippen molar-refractivity contribution in [3.63, 3.8) is 0 Å². The summed E-state index contributed by atoms with van der Waals surface area (Å²) in [7, 11) is 0. The minimum absolute atomic E-state index is 0.00807. The van der Waals surface area contributed by atoms with Crippen LogP contribution in [-0.2, 0) is 16.1 Å². The number of cyclic esters (lactones) is 1. The highest BCUT2D eigenvalue weighted by Gasteiger charge is 2.28. The average molecular weight is 438 g/mol. The molecule has 32 heavy (non-hydrogen) atoms. The molecule has 0 spiro atoms. The fourth-order valence-electron chi connectivity index (χ4n) is 4.02. The van der Waals surface area contributed by atoms with E-state index in [1.807, 2.05) is 11.5 Å². The Morgan fingerprint density at radius 3 is 2.28 bits per heavy atom. The van der Waals surface area contributed by atoms with Gasteiger partial charge in [0.05, 0.1) is 23.9 Å². The number of carbonyl (C=O) groups is 1. The minimum atomic E-state index is -0.712. The smallest absolute Gasteiger partial charge is 0.308 e. The van der Waals surface area contributed by atoms with Crippen LogP contribution in [0.3, 0.4) is 0 Å². The lowest BCUT2D eigenvalue weighted by atomic mass is 10.0. The van der Waals surface area contributed by atoms with Gasteiger partial charge in [0.15, 0.2) is 0 Å². The molecule has 1 fully saturated rings. The summed E-state index contributed by atoms with van der Waals surface area (Å²) in [5.74, 6) is -0.489. The number of aromatic nitrogens is 2. The van der Waals surface area contributed by atoms with Crippen molar-refractivity contribution in [2.24, 2.45) is 0 Å². The van der Waals surface area contributed by atoms with E-state index in [0.717, 1.165) is 16.8 Å². The molecule has 2 heterocycles. The van der Waals surface area contributed by atoms with Crippen molar-refractivity contribution in [1.29, 1.82) is 0 Å². The summed E-state index contributed by atoms with van der Waals surface area (Å²) in [6.07, 6.45) is -0.276. The topological polar surface area (TPSA) is 64.3 Å². The van der Waals surface area contributed by atoms with E-state index in [1.165, 1.54) is 24.3 Å². The maximum atomic E-state index is 13.6. The number of hydrogen-bond donors (Lipinski definition) is 1.